The summed E-state index contributed by atoms with van der Waals surface area (Å²) in [6, 6.07) is 0.904. The van der Waals surface area contributed by atoms with Crippen LogP contribution in [0, 0.1) is 10.1 Å². The normalized spacial score (nSPS) is 14.1. The quantitative estimate of drug-likeness (QED) is 0.518. The monoisotopic (exact) mass is 262 g/mol. The van der Waals surface area contributed by atoms with Crippen LogP contribution in [0.1, 0.15) is 11.8 Å². The van der Waals surface area contributed by atoms with Crippen molar-refractivity contribution < 1.29 is 25.0 Å². The number of carboxylic acids is 1. The average molecular weight is 263 g/mol. The summed E-state index contributed by atoms with van der Waals surface area (Å²) in [6.07, 6.45) is -3.21. The highest BCUT2D eigenvalue weighted by atomic mass is 35.5. The number of rotatable bonds is 4. The second kappa shape index (κ2) is 5.04. The van der Waals surface area contributed by atoms with Crippen molar-refractivity contribution in [3.63, 3.8) is 0 Å². The maximum absolute atomic E-state index is 10.6. The van der Waals surface area contributed by atoms with Crippen LogP contribution in [0.15, 0.2) is 12.3 Å². The predicted octanol–water partition coefficient (Wildman–Crippen LogP) is 0.122. The molecule has 0 amide bonds. The number of carbonyl (C=O) groups is 1. The molecule has 2 unspecified atom stereocenters. The fourth-order valence-corrected chi connectivity index (χ4v) is 1.25. The Balaban J connectivity index is 3.21. The standard InChI is InChI=1S/C8H7ClN2O6/c9-3-1-4(11(16)17)5(10-2-3)6(12)7(13)8(14)15/h1-2,6-7,12-13H,(H,14,15). The fourth-order valence-electron chi connectivity index (χ4n) is 1.10. The molecule has 0 aliphatic carbocycles. The Morgan fingerprint density at radius 2 is 2.12 bits per heavy atom. The van der Waals surface area contributed by atoms with Crippen molar-refractivity contribution in [2.24, 2.45) is 0 Å². The molecule has 1 heterocycles. The molecule has 92 valence electrons. The van der Waals surface area contributed by atoms with Gasteiger partial charge in [-0.25, -0.2) is 9.78 Å². The van der Waals surface area contributed by atoms with E-state index in [0.717, 1.165) is 12.3 Å². The van der Waals surface area contributed by atoms with E-state index >= 15 is 0 Å². The number of nitrogens with zero attached hydrogens (tertiary/aromatic N) is 2. The first-order chi connectivity index (χ1) is 7.84. The van der Waals surface area contributed by atoms with Crippen molar-refractivity contribution >= 4 is 23.3 Å². The van der Waals surface area contributed by atoms with E-state index in [2.05, 4.69) is 4.98 Å². The molecule has 0 spiro atoms. The minimum Gasteiger partial charge on any atom is -0.479 e. The summed E-state index contributed by atoms with van der Waals surface area (Å²) in [4.78, 5) is 23.6. The molecule has 3 N–H and O–H groups in total. The fraction of sp³-hybridized carbons (Fsp3) is 0.250. The van der Waals surface area contributed by atoms with E-state index in [0.29, 0.717) is 0 Å². The Morgan fingerprint density at radius 1 is 1.53 bits per heavy atom. The van der Waals surface area contributed by atoms with Gasteiger partial charge in [0, 0.05) is 12.3 Å². The van der Waals surface area contributed by atoms with Crippen LogP contribution >= 0.6 is 11.6 Å². The zero-order chi connectivity index (χ0) is 13.2. The van der Waals surface area contributed by atoms with Crippen molar-refractivity contribution in [2.45, 2.75) is 12.2 Å². The number of aliphatic hydroxyl groups excluding tert-OH is 2. The molecular formula is C8H7ClN2O6. The molecule has 0 aromatic carbocycles. The summed E-state index contributed by atoms with van der Waals surface area (Å²) in [5, 5.41) is 37.6. The van der Waals surface area contributed by atoms with Gasteiger partial charge in [0.1, 0.15) is 11.8 Å². The highest BCUT2D eigenvalue weighted by molar-refractivity contribution is 6.30. The highest BCUT2D eigenvalue weighted by Crippen LogP contribution is 2.27. The lowest BCUT2D eigenvalue weighted by Gasteiger charge is -2.13. The molecule has 0 saturated heterocycles. The highest BCUT2D eigenvalue weighted by Gasteiger charge is 2.32. The summed E-state index contributed by atoms with van der Waals surface area (Å²) in [6.45, 7) is 0. The molecule has 0 saturated carbocycles. The van der Waals surface area contributed by atoms with Gasteiger partial charge in [0.15, 0.2) is 6.10 Å². The molecule has 0 aliphatic heterocycles. The Morgan fingerprint density at radius 3 is 2.59 bits per heavy atom. The van der Waals surface area contributed by atoms with E-state index in [4.69, 9.17) is 21.8 Å². The minimum absolute atomic E-state index is 0.0440. The van der Waals surface area contributed by atoms with Gasteiger partial charge in [-0.1, -0.05) is 11.6 Å². The number of aromatic nitrogens is 1. The lowest BCUT2D eigenvalue weighted by Crippen LogP contribution is -2.28. The van der Waals surface area contributed by atoms with Gasteiger partial charge in [0.25, 0.3) is 5.69 Å². The van der Waals surface area contributed by atoms with Crippen molar-refractivity contribution in [1.29, 1.82) is 0 Å². The molecule has 0 radical (unpaired) electrons. The first kappa shape index (κ1) is 13.3. The molecule has 0 fully saturated rings. The number of hydrogen-bond donors (Lipinski definition) is 3. The summed E-state index contributed by atoms with van der Waals surface area (Å²) in [5.74, 6) is -1.72. The third kappa shape index (κ3) is 2.87. The third-order valence-corrected chi connectivity index (χ3v) is 2.10. The molecular weight excluding hydrogens is 256 g/mol. The summed E-state index contributed by atoms with van der Waals surface area (Å²) < 4.78 is 0. The maximum Gasteiger partial charge on any atom is 0.335 e. The molecule has 1 aromatic rings. The number of carboxylic acid groups (broad SMARTS) is 1. The Hall–Kier alpha value is -1.77. The topological polar surface area (TPSA) is 134 Å². The predicted molar refractivity (Wildman–Crippen MR) is 54.5 cm³/mol. The minimum atomic E-state index is -2.21. The van der Waals surface area contributed by atoms with E-state index in [1.165, 1.54) is 0 Å². The lowest BCUT2D eigenvalue weighted by molar-refractivity contribution is -0.386. The van der Waals surface area contributed by atoms with Gasteiger partial charge >= 0.3 is 5.97 Å². The number of aliphatic carboxylic acids is 1. The average Bonchev–Trinajstić information content (AvgIpc) is 2.26. The molecule has 1 aromatic heterocycles. The Labute approximate surface area is 99.2 Å². The van der Waals surface area contributed by atoms with Crippen LogP contribution in [0.25, 0.3) is 0 Å². The van der Waals surface area contributed by atoms with Gasteiger partial charge in [-0.05, 0) is 0 Å². The summed E-state index contributed by atoms with van der Waals surface area (Å²) in [7, 11) is 0. The van der Waals surface area contributed by atoms with Crippen molar-refractivity contribution in [2.75, 3.05) is 0 Å². The number of pyridine rings is 1. The van der Waals surface area contributed by atoms with Crippen LogP contribution in [0.3, 0.4) is 0 Å². The zero-order valence-corrected chi connectivity index (χ0v) is 8.90. The molecule has 9 heteroatoms. The van der Waals surface area contributed by atoms with E-state index < -0.39 is 34.5 Å². The molecule has 0 aliphatic rings. The van der Waals surface area contributed by atoms with Gasteiger partial charge in [-0.3, -0.25) is 10.1 Å². The largest absolute Gasteiger partial charge is 0.479 e. The molecule has 2 atom stereocenters. The van der Waals surface area contributed by atoms with Crippen molar-refractivity contribution in [3.05, 3.63) is 33.1 Å². The number of nitro groups is 1. The Kier molecular flexibility index (Phi) is 3.94. The van der Waals surface area contributed by atoms with Gasteiger partial charge in [0.05, 0.1) is 9.95 Å². The van der Waals surface area contributed by atoms with E-state index in [9.17, 15) is 20.0 Å². The van der Waals surface area contributed by atoms with Gasteiger partial charge in [-0.2, -0.15) is 0 Å². The first-order valence-corrected chi connectivity index (χ1v) is 4.61. The van der Waals surface area contributed by atoms with Crippen LogP contribution < -0.4 is 0 Å². The van der Waals surface area contributed by atoms with Gasteiger partial charge < -0.3 is 15.3 Å². The van der Waals surface area contributed by atoms with E-state index in [1.54, 1.807) is 0 Å². The van der Waals surface area contributed by atoms with Crippen molar-refractivity contribution in [1.82, 2.24) is 4.98 Å². The summed E-state index contributed by atoms with van der Waals surface area (Å²) in [5.41, 5.74) is -1.22. The molecule has 17 heavy (non-hydrogen) atoms. The smallest absolute Gasteiger partial charge is 0.335 e. The van der Waals surface area contributed by atoms with E-state index in [1.807, 2.05) is 0 Å². The second-order valence-corrected chi connectivity index (χ2v) is 3.48. The molecule has 8 nitrogen and oxygen atoms in total. The number of hydrogen-bond acceptors (Lipinski definition) is 6. The molecule has 1 rings (SSSR count). The first-order valence-electron chi connectivity index (χ1n) is 4.23. The van der Waals surface area contributed by atoms with Crippen LogP contribution in [0.2, 0.25) is 5.02 Å². The van der Waals surface area contributed by atoms with Crippen LogP contribution in [0.5, 0.6) is 0 Å². The van der Waals surface area contributed by atoms with E-state index in [-0.39, 0.29) is 5.02 Å². The van der Waals surface area contributed by atoms with Gasteiger partial charge in [0.2, 0.25) is 0 Å². The maximum atomic E-state index is 10.6. The van der Waals surface area contributed by atoms with Crippen molar-refractivity contribution in [3.8, 4) is 0 Å². The zero-order valence-electron chi connectivity index (χ0n) is 8.15. The second-order valence-electron chi connectivity index (χ2n) is 3.04. The number of aliphatic hydroxyl groups is 2. The summed E-state index contributed by atoms with van der Waals surface area (Å²) >= 11 is 5.48. The van der Waals surface area contributed by atoms with Crippen LogP contribution in [-0.4, -0.2) is 37.3 Å². The Bertz CT molecular complexity index is 465. The van der Waals surface area contributed by atoms with Crippen LogP contribution in [-0.2, 0) is 4.79 Å². The van der Waals surface area contributed by atoms with Crippen LogP contribution in [0.4, 0.5) is 5.69 Å². The SMILES string of the molecule is O=C(O)C(O)C(O)c1ncc(Cl)cc1[N+](=O)[O-]. The lowest BCUT2D eigenvalue weighted by atomic mass is 10.1. The molecule has 0 bridgehead atoms. The number of halogens is 1. The third-order valence-electron chi connectivity index (χ3n) is 1.89. The van der Waals surface area contributed by atoms with Gasteiger partial charge in [-0.15, -0.1) is 0 Å².